The Balaban J connectivity index is 2.17. The summed E-state index contributed by atoms with van der Waals surface area (Å²) in [6.45, 7) is 0. The van der Waals surface area contributed by atoms with E-state index >= 15 is 0 Å². The number of nitrogens with zero attached hydrogens (tertiary/aromatic N) is 1. The SMILES string of the molecule is OC(Cc1cc(Br)ccc1F)c1ccc(C(F)(F)F)cn1. The minimum Gasteiger partial charge on any atom is -0.386 e. The normalized spacial score (nSPS) is 13.2. The van der Waals surface area contributed by atoms with Crippen LogP contribution >= 0.6 is 15.9 Å². The highest BCUT2D eigenvalue weighted by molar-refractivity contribution is 9.10. The van der Waals surface area contributed by atoms with Gasteiger partial charge in [0, 0.05) is 17.1 Å². The summed E-state index contributed by atoms with van der Waals surface area (Å²) in [4.78, 5) is 3.59. The second-order valence-electron chi connectivity index (χ2n) is 4.43. The van der Waals surface area contributed by atoms with Crippen LogP contribution < -0.4 is 0 Å². The molecule has 112 valence electrons. The summed E-state index contributed by atoms with van der Waals surface area (Å²) >= 11 is 3.18. The summed E-state index contributed by atoms with van der Waals surface area (Å²) in [5.41, 5.74) is -0.590. The third kappa shape index (κ3) is 4.01. The number of hydrogen-bond donors (Lipinski definition) is 1. The first-order valence-electron chi connectivity index (χ1n) is 5.92. The quantitative estimate of drug-likeness (QED) is 0.825. The van der Waals surface area contributed by atoms with Crippen molar-refractivity contribution in [2.24, 2.45) is 0 Å². The second-order valence-corrected chi connectivity index (χ2v) is 5.34. The zero-order valence-corrected chi connectivity index (χ0v) is 12.1. The smallest absolute Gasteiger partial charge is 0.386 e. The Labute approximate surface area is 126 Å². The van der Waals surface area contributed by atoms with Crippen LogP contribution in [0, 0.1) is 5.82 Å². The zero-order chi connectivity index (χ0) is 15.6. The van der Waals surface area contributed by atoms with Gasteiger partial charge in [-0.25, -0.2) is 4.39 Å². The highest BCUT2D eigenvalue weighted by atomic mass is 79.9. The van der Waals surface area contributed by atoms with E-state index in [9.17, 15) is 22.7 Å². The Kier molecular flexibility index (Phi) is 4.63. The predicted molar refractivity (Wildman–Crippen MR) is 72.0 cm³/mol. The van der Waals surface area contributed by atoms with Gasteiger partial charge in [-0.15, -0.1) is 0 Å². The van der Waals surface area contributed by atoms with E-state index in [1.54, 1.807) is 0 Å². The predicted octanol–water partition coefficient (Wildman–Crippen LogP) is 4.28. The molecule has 0 fully saturated rings. The molecule has 0 aliphatic rings. The van der Waals surface area contributed by atoms with Crippen molar-refractivity contribution in [3.63, 3.8) is 0 Å². The molecular formula is C14H10BrF4NO. The van der Waals surface area contributed by atoms with E-state index in [1.807, 2.05) is 0 Å². The minimum atomic E-state index is -4.48. The molecule has 0 spiro atoms. The lowest BCUT2D eigenvalue weighted by Crippen LogP contribution is -2.09. The highest BCUT2D eigenvalue weighted by Crippen LogP contribution is 2.29. The van der Waals surface area contributed by atoms with Crippen LogP contribution in [0.5, 0.6) is 0 Å². The molecule has 0 bridgehead atoms. The van der Waals surface area contributed by atoms with Crippen molar-refractivity contribution in [3.8, 4) is 0 Å². The van der Waals surface area contributed by atoms with Gasteiger partial charge in [-0.3, -0.25) is 4.98 Å². The molecule has 1 aromatic carbocycles. The van der Waals surface area contributed by atoms with E-state index in [0.29, 0.717) is 10.7 Å². The van der Waals surface area contributed by atoms with Crippen LogP contribution in [0.1, 0.15) is 22.9 Å². The molecule has 0 saturated heterocycles. The molecule has 1 N–H and O–H groups in total. The van der Waals surface area contributed by atoms with Gasteiger partial charge in [0.1, 0.15) is 11.9 Å². The number of aliphatic hydroxyl groups excluding tert-OH is 1. The van der Waals surface area contributed by atoms with Crippen molar-refractivity contribution >= 4 is 15.9 Å². The number of alkyl halides is 3. The number of rotatable bonds is 3. The van der Waals surface area contributed by atoms with Gasteiger partial charge in [-0.1, -0.05) is 15.9 Å². The van der Waals surface area contributed by atoms with Gasteiger partial charge in [0.15, 0.2) is 0 Å². The van der Waals surface area contributed by atoms with Crippen LogP contribution in [-0.4, -0.2) is 10.1 Å². The molecule has 2 rings (SSSR count). The van der Waals surface area contributed by atoms with Crippen LogP contribution in [0.2, 0.25) is 0 Å². The number of aromatic nitrogens is 1. The van der Waals surface area contributed by atoms with Gasteiger partial charge in [0.25, 0.3) is 0 Å². The van der Waals surface area contributed by atoms with Crippen molar-refractivity contribution in [1.82, 2.24) is 4.98 Å². The average molecular weight is 364 g/mol. The van der Waals surface area contributed by atoms with Crippen LogP contribution in [0.15, 0.2) is 41.0 Å². The Morgan fingerprint density at radius 2 is 1.90 bits per heavy atom. The van der Waals surface area contributed by atoms with Crippen molar-refractivity contribution < 1.29 is 22.7 Å². The Morgan fingerprint density at radius 1 is 1.19 bits per heavy atom. The standard InChI is InChI=1S/C14H10BrF4NO/c15-10-2-3-11(16)8(5-10)6-13(21)12-4-1-9(7-20-12)14(17,18)19/h1-5,7,13,21H,6H2. The first-order valence-corrected chi connectivity index (χ1v) is 6.72. The number of halogens is 5. The molecule has 0 aliphatic heterocycles. The lowest BCUT2D eigenvalue weighted by atomic mass is 10.0. The van der Waals surface area contributed by atoms with E-state index in [0.717, 1.165) is 12.1 Å². The fourth-order valence-electron chi connectivity index (χ4n) is 1.78. The van der Waals surface area contributed by atoms with Gasteiger partial charge in [0.05, 0.1) is 11.3 Å². The summed E-state index contributed by atoms with van der Waals surface area (Å²) in [7, 11) is 0. The van der Waals surface area contributed by atoms with E-state index in [4.69, 9.17) is 0 Å². The molecule has 2 nitrogen and oxygen atoms in total. The maximum Gasteiger partial charge on any atom is 0.417 e. The van der Waals surface area contributed by atoms with Gasteiger partial charge in [-0.2, -0.15) is 13.2 Å². The van der Waals surface area contributed by atoms with Crippen molar-refractivity contribution in [2.45, 2.75) is 18.7 Å². The van der Waals surface area contributed by atoms with Crippen molar-refractivity contribution in [3.05, 3.63) is 63.6 Å². The fraction of sp³-hybridized carbons (Fsp3) is 0.214. The molecule has 1 atom stereocenters. The number of aliphatic hydroxyl groups is 1. The van der Waals surface area contributed by atoms with E-state index in [-0.39, 0.29) is 17.7 Å². The molecule has 2 aromatic rings. The lowest BCUT2D eigenvalue weighted by Gasteiger charge is -2.12. The summed E-state index contributed by atoms with van der Waals surface area (Å²) in [5, 5.41) is 9.96. The number of hydrogen-bond acceptors (Lipinski definition) is 2. The molecule has 7 heteroatoms. The topological polar surface area (TPSA) is 33.1 Å². The number of pyridine rings is 1. The summed E-state index contributed by atoms with van der Waals surface area (Å²) in [6, 6.07) is 6.18. The first kappa shape index (κ1) is 15.9. The zero-order valence-electron chi connectivity index (χ0n) is 10.5. The third-order valence-corrected chi connectivity index (χ3v) is 3.37. The maximum atomic E-state index is 13.6. The van der Waals surface area contributed by atoms with Crippen LogP contribution in [0.25, 0.3) is 0 Å². The first-order chi connectivity index (χ1) is 9.77. The van der Waals surface area contributed by atoms with Gasteiger partial charge in [0.2, 0.25) is 0 Å². The Morgan fingerprint density at radius 3 is 2.48 bits per heavy atom. The molecule has 0 radical (unpaired) electrons. The van der Waals surface area contributed by atoms with E-state index in [2.05, 4.69) is 20.9 Å². The van der Waals surface area contributed by atoms with Gasteiger partial charge < -0.3 is 5.11 Å². The molecule has 1 unspecified atom stereocenters. The molecule has 0 aliphatic carbocycles. The molecule has 1 aromatic heterocycles. The van der Waals surface area contributed by atoms with Crippen LogP contribution in [0.4, 0.5) is 17.6 Å². The Bertz CT molecular complexity index is 628. The summed E-state index contributed by atoms with van der Waals surface area (Å²) < 4.78 is 51.4. The van der Waals surface area contributed by atoms with E-state index in [1.165, 1.54) is 18.2 Å². The molecule has 1 heterocycles. The lowest BCUT2D eigenvalue weighted by molar-refractivity contribution is -0.137. The van der Waals surface area contributed by atoms with E-state index < -0.39 is 23.7 Å². The van der Waals surface area contributed by atoms with Crippen LogP contribution in [0.3, 0.4) is 0 Å². The molecule has 0 amide bonds. The van der Waals surface area contributed by atoms with Crippen molar-refractivity contribution in [1.29, 1.82) is 0 Å². The fourth-order valence-corrected chi connectivity index (χ4v) is 2.19. The van der Waals surface area contributed by atoms with Crippen LogP contribution in [-0.2, 0) is 12.6 Å². The Hall–Kier alpha value is -1.47. The minimum absolute atomic E-state index is 0.0578. The average Bonchev–Trinajstić information content (AvgIpc) is 2.42. The molecule has 21 heavy (non-hydrogen) atoms. The van der Waals surface area contributed by atoms with Crippen molar-refractivity contribution in [2.75, 3.05) is 0 Å². The number of benzene rings is 1. The third-order valence-electron chi connectivity index (χ3n) is 2.88. The van der Waals surface area contributed by atoms with Gasteiger partial charge in [-0.05, 0) is 35.9 Å². The summed E-state index contributed by atoms with van der Waals surface area (Å²) in [5.74, 6) is -0.496. The van der Waals surface area contributed by atoms with Gasteiger partial charge >= 0.3 is 6.18 Å². The molecule has 0 saturated carbocycles. The molecular weight excluding hydrogens is 354 g/mol. The highest BCUT2D eigenvalue weighted by Gasteiger charge is 2.30. The second kappa shape index (κ2) is 6.11. The monoisotopic (exact) mass is 363 g/mol. The summed E-state index contributed by atoms with van der Waals surface area (Å²) in [6.07, 6.45) is -5.09. The maximum absolute atomic E-state index is 13.6. The largest absolute Gasteiger partial charge is 0.417 e.